The van der Waals surface area contributed by atoms with Gasteiger partial charge in [0.25, 0.3) is 5.91 Å². The zero-order chi connectivity index (χ0) is 21.6. The number of carbonyl (C=O) groups is 1. The van der Waals surface area contributed by atoms with E-state index in [9.17, 15) is 4.79 Å². The SMILES string of the molecule is Cc1cccc(CN2CCC[C@H]([C@@H](NC(=O)c3ccccc3C)c3ccccn3)C2)n1. The number of benzene rings is 1. The second kappa shape index (κ2) is 9.84. The zero-order valence-corrected chi connectivity index (χ0v) is 18.3. The summed E-state index contributed by atoms with van der Waals surface area (Å²) in [5.74, 6) is 0.257. The zero-order valence-electron chi connectivity index (χ0n) is 18.3. The molecule has 2 atom stereocenters. The molecule has 1 aliphatic rings. The molecule has 3 aromatic rings. The molecular weight excluding hydrogens is 384 g/mol. The summed E-state index contributed by atoms with van der Waals surface area (Å²) in [6.45, 7) is 6.79. The highest BCUT2D eigenvalue weighted by Gasteiger charge is 2.31. The summed E-state index contributed by atoms with van der Waals surface area (Å²) in [5.41, 5.74) is 4.77. The molecule has 3 heterocycles. The van der Waals surface area contributed by atoms with Crippen LogP contribution in [0.1, 0.15) is 51.9 Å². The van der Waals surface area contributed by atoms with Crippen LogP contribution in [0, 0.1) is 19.8 Å². The molecule has 0 unspecified atom stereocenters. The molecule has 31 heavy (non-hydrogen) atoms. The summed E-state index contributed by atoms with van der Waals surface area (Å²) in [4.78, 5) is 24.9. The van der Waals surface area contributed by atoms with Gasteiger partial charge in [0.05, 0.1) is 17.4 Å². The highest BCUT2D eigenvalue weighted by atomic mass is 16.1. The van der Waals surface area contributed by atoms with Crippen LogP contribution in [0.3, 0.4) is 0 Å². The van der Waals surface area contributed by atoms with Crippen molar-refractivity contribution >= 4 is 5.91 Å². The van der Waals surface area contributed by atoms with Crippen molar-refractivity contribution in [3.8, 4) is 0 Å². The lowest BCUT2D eigenvalue weighted by atomic mass is 9.88. The maximum Gasteiger partial charge on any atom is 0.252 e. The molecule has 1 N–H and O–H groups in total. The van der Waals surface area contributed by atoms with E-state index in [4.69, 9.17) is 0 Å². The van der Waals surface area contributed by atoms with Crippen LogP contribution in [0.4, 0.5) is 0 Å². The molecule has 1 aromatic carbocycles. The van der Waals surface area contributed by atoms with E-state index in [0.29, 0.717) is 5.92 Å². The number of aromatic nitrogens is 2. The number of nitrogens with zero attached hydrogens (tertiary/aromatic N) is 3. The predicted molar refractivity (Wildman–Crippen MR) is 123 cm³/mol. The number of hydrogen-bond donors (Lipinski definition) is 1. The smallest absolute Gasteiger partial charge is 0.252 e. The van der Waals surface area contributed by atoms with E-state index in [2.05, 4.69) is 32.3 Å². The van der Waals surface area contributed by atoms with Gasteiger partial charge < -0.3 is 5.32 Å². The van der Waals surface area contributed by atoms with Crippen molar-refractivity contribution < 1.29 is 4.79 Å². The van der Waals surface area contributed by atoms with Gasteiger partial charge in [-0.15, -0.1) is 0 Å². The van der Waals surface area contributed by atoms with Crippen LogP contribution in [0.5, 0.6) is 0 Å². The third kappa shape index (κ3) is 5.36. The Morgan fingerprint density at radius 3 is 2.71 bits per heavy atom. The van der Waals surface area contributed by atoms with Crippen LogP contribution in [-0.2, 0) is 6.54 Å². The summed E-state index contributed by atoms with van der Waals surface area (Å²) in [5, 5.41) is 3.31. The van der Waals surface area contributed by atoms with Crippen molar-refractivity contribution in [2.75, 3.05) is 13.1 Å². The average molecular weight is 415 g/mol. The van der Waals surface area contributed by atoms with Crippen molar-refractivity contribution in [2.24, 2.45) is 5.92 Å². The number of nitrogens with one attached hydrogen (secondary N) is 1. The Bertz CT molecular complexity index is 1020. The van der Waals surface area contributed by atoms with Crippen molar-refractivity contribution in [3.63, 3.8) is 0 Å². The van der Waals surface area contributed by atoms with Crippen molar-refractivity contribution in [2.45, 2.75) is 39.3 Å². The molecule has 0 aliphatic carbocycles. The maximum absolute atomic E-state index is 13.1. The van der Waals surface area contributed by atoms with E-state index in [1.54, 1.807) is 6.20 Å². The predicted octanol–water partition coefficient (Wildman–Crippen LogP) is 4.48. The Hall–Kier alpha value is -3.05. The first-order valence-corrected chi connectivity index (χ1v) is 11.0. The minimum Gasteiger partial charge on any atom is -0.343 e. The molecule has 160 valence electrons. The van der Waals surface area contributed by atoms with E-state index in [-0.39, 0.29) is 11.9 Å². The fraction of sp³-hybridized carbons (Fsp3) is 0.346. The molecule has 0 saturated carbocycles. The van der Waals surface area contributed by atoms with E-state index in [1.165, 1.54) is 0 Å². The number of rotatable bonds is 6. The molecule has 0 radical (unpaired) electrons. The topological polar surface area (TPSA) is 58.1 Å². The number of piperidine rings is 1. The molecule has 1 saturated heterocycles. The second-order valence-electron chi connectivity index (χ2n) is 8.43. The first-order chi connectivity index (χ1) is 15.1. The normalized spacial score (nSPS) is 17.8. The first kappa shape index (κ1) is 21.2. The number of amides is 1. The van der Waals surface area contributed by atoms with E-state index in [1.807, 2.05) is 62.4 Å². The minimum atomic E-state index is -0.124. The number of carbonyl (C=O) groups excluding carboxylic acids is 1. The van der Waals surface area contributed by atoms with Gasteiger partial charge in [-0.1, -0.05) is 30.3 Å². The van der Waals surface area contributed by atoms with Crippen LogP contribution in [0.25, 0.3) is 0 Å². The molecule has 1 fully saturated rings. The second-order valence-corrected chi connectivity index (χ2v) is 8.43. The van der Waals surface area contributed by atoms with Gasteiger partial charge in [0.15, 0.2) is 0 Å². The first-order valence-electron chi connectivity index (χ1n) is 11.0. The van der Waals surface area contributed by atoms with E-state index in [0.717, 1.165) is 60.7 Å². The van der Waals surface area contributed by atoms with Gasteiger partial charge in [-0.2, -0.15) is 0 Å². The van der Waals surface area contributed by atoms with Crippen LogP contribution in [0.2, 0.25) is 0 Å². The van der Waals surface area contributed by atoms with Crippen molar-refractivity contribution in [3.05, 3.63) is 95.1 Å². The monoisotopic (exact) mass is 414 g/mol. The highest BCUT2D eigenvalue weighted by molar-refractivity contribution is 5.95. The van der Waals surface area contributed by atoms with Gasteiger partial charge >= 0.3 is 0 Å². The minimum absolute atomic E-state index is 0.0359. The Balaban J connectivity index is 1.53. The van der Waals surface area contributed by atoms with Gasteiger partial charge in [-0.05, 0) is 75.0 Å². The van der Waals surface area contributed by atoms with Gasteiger partial charge in [0.2, 0.25) is 0 Å². The summed E-state index contributed by atoms with van der Waals surface area (Å²) < 4.78 is 0. The largest absolute Gasteiger partial charge is 0.343 e. The molecule has 0 bridgehead atoms. The Kier molecular flexibility index (Phi) is 6.73. The molecule has 4 rings (SSSR count). The van der Waals surface area contributed by atoms with E-state index >= 15 is 0 Å². The van der Waals surface area contributed by atoms with Crippen LogP contribution in [0.15, 0.2) is 66.9 Å². The average Bonchev–Trinajstić information content (AvgIpc) is 2.78. The van der Waals surface area contributed by atoms with Gasteiger partial charge in [-0.25, -0.2) is 0 Å². The van der Waals surface area contributed by atoms with Gasteiger partial charge in [0, 0.05) is 30.5 Å². The quantitative estimate of drug-likeness (QED) is 0.646. The standard InChI is InChI=1S/C26H30N4O/c1-19-9-3-4-13-23(19)26(31)29-25(24-14-5-6-15-27-24)21-11-8-16-30(17-21)18-22-12-7-10-20(2)28-22/h3-7,9-10,12-15,21,25H,8,11,16-18H2,1-2H3,(H,29,31)/t21-,25+/m0/s1. The maximum atomic E-state index is 13.1. The fourth-order valence-electron chi connectivity index (χ4n) is 4.46. The third-order valence-corrected chi connectivity index (χ3v) is 6.03. The van der Waals surface area contributed by atoms with Crippen LogP contribution < -0.4 is 5.32 Å². The lowest BCUT2D eigenvalue weighted by Crippen LogP contribution is -2.43. The van der Waals surface area contributed by atoms with Crippen LogP contribution in [-0.4, -0.2) is 33.9 Å². The highest BCUT2D eigenvalue weighted by Crippen LogP contribution is 2.30. The molecular formula is C26H30N4O. The van der Waals surface area contributed by atoms with Gasteiger partial charge in [-0.3, -0.25) is 19.7 Å². The van der Waals surface area contributed by atoms with Gasteiger partial charge in [0.1, 0.15) is 0 Å². The van der Waals surface area contributed by atoms with E-state index < -0.39 is 0 Å². The number of hydrogen-bond acceptors (Lipinski definition) is 4. The summed E-state index contributed by atoms with van der Waals surface area (Å²) in [6, 6.07) is 19.7. The summed E-state index contributed by atoms with van der Waals surface area (Å²) in [6.07, 6.45) is 3.96. The Labute approximate surface area is 184 Å². The molecule has 1 aliphatic heterocycles. The Morgan fingerprint density at radius 2 is 1.94 bits per heavy atom. The van der Waals surface area contributed by atoms with Crippen molar-refractivity contribution in [1.29, 1.82) is 0 Å². The molecule has 1 amide bonds. The fourth-order valence-corrected chi connectivity index (χ4v) is 4.46. The summed E-state index contributed by atoms with van der Waals surface area (Å²) >= 11 is 0. The molecule has 2 aromatic heterocycles. The van der Waals surface area contributed by atoms with Crippen molar-refractivity contribution in [1.82, 2.24) is 20.2 Å². The number of aryl methyl sites for hydroxylation is 2. The number of likely N-dealkylation sites (tertiary alicyclic amines) is 1. The number of pyridine rings is 2. The van der Waals surface area contributed by atoms with Crippen LogP contribution >= 0.6 is 0 Å². The third-order valence-electron chi connectivity index (χ3n) is 6.03. The summed E-state index contributed by atoms with van der Waals surface area (Å²) in [7, 11) is 0. The molecule has 5 heteroatoms. The lowest BCUT2D eigenvalue weighted by Gasteiger charge is -2.37. The molecule has 5 nitrogen and oxygen atoms in total. The lowest BCUT2D eigenvalue weighted by molar-refractivity contribution is 0.0873. The Morgan fingerprint density at radius 1 is 1.10 bits per heavy atom. The molecule has 0 spiro atoms.